The van der Waals surface area contributed by atoms with Gasteiger partial charge in [-0.15, -0.1) is 0 Å². The van der Waals surface area contributed by atoms with Gasteiger partial charge in [0.15, 0.2) is 0 Å². The zero-order valence-electron chi connectivity index (χ0n) is 7.32. The van der Waals surface area contributed by atoms with E-state index in [1.54, 1.807) is 0 Å². The monoisotopic (exact) mass is 164 g/mol. The van der Waals surface area contributed by atoms with Crippen molar-refractivity contribution in [1.29, 1.82) is 0 Å². The fourth-order valence-electron chi connectivity index (χ4n) is 3.37. The van der Waals surface area contributed by atoms with Crippen molar-refractivity contribution in [3.8, 4) is 0 Å². The molecule has 0 aromatic carbocycles. The van der Waals surface area contributed by atoms with Crippen LogP contribution in [-0.2, 0) is 0 Å². The van der Waals surface area contributed by atoms with Gasteiger partial charge in [-0.1, -0.05) is 12.2 Å². The van der Waals surface area contributed by atoms with E-state index in [4.69, 9.17) is 5.84 Å². The van der Waals surface area contributed by atoms with Crippen LogP contribution in [0.2, 0.25) is 0 Å². The Morgan fingerprint density at radius 1 is 1.00 bits per heavy atom. The number of allylic oxidation sites excluding steroid dienone is 2. The van der Waals surface area contributed by atoms with Gasteiger partial charge >= 0.3 is 0 Å². The van der Waals surface area contributed by atoms with E-state index in [0.29, 0.717) is 0 Å². The van der Waals surface area contributed by atoms with Crippen molar-refractivity contribution < 1.29 is 0 Å². The molecule has 2 bridgehead atoms. The van der Waals surface area contributed by atoms with Gasteiger partial charge in [0.1, 0.15) is 0 Å². The third kappa shape index (κ3) is 0.824. The molecule has 0 aromatic rings. The Hall–Kier alpha value is -0.340. The molecule has 0 spiro atoms. The number of hydrazine groups is 1. The summed E-state index contributed by atoms with van der Waals surface area (Å²) >= 11 is 0. The highest BCUT2D eigenvalue weighted by atomic mass is 15.4. The van der Waals surface area contributed by atoms with Crippen LogP contribution in [0.15, 0.2) is 12.2 Å². The van der Waals surface area contributed by atoms with E-state index in [1.165, 1.54) is 12.8 Å². The minimum atomic E-state index is 0.855. The third-order valence-corrected chi connectivity index (χ3v) is 3.98. The third-order valence-electron chi connectivity index (χ3n) is 3.98. The van der Waals surface area contributed by atoms with Crippen molar-refractivity contribution in [3.05, 3.63) is 12.2 Å². The number of nitrogens with two attached hydrogens (primary N) is 1. The van der Waals surface area contributed by atoms with Crippen molar-refractivity contribution in [2.75, 3.05) is 13.1 Å². The van der Waals surface area contributed by atoms with Gasteiger partial charge in [0.05, 0.1) is 0 Å². The normalized spacial score (nSPS) is 51.4. The molecule has 1 heterocycles. The summed E-state index contributed by atoms with van der Waals surface area (Å²) in [6.45, 7) is 2.27. The predicted octanol–water partition coefficient (Wildman–Crippen LogP) is 1.00. The smallest absolute Gasteiger partial charge is 0.0166 e. The maximum absolute atomic E-state index is 5.85. The molecule has 1 saturated carbocycles. The summed E-state index contributed by atoms with van der Waals surface area (Å²) in [5.74, 6) is 9.34. The number of nitrogens with zero attached hydrogens (tertiary/aromatic N) is 1. The van der Waals surface area contributed by atoms with E-state index in [0.717, 1.165) is 36.8 Å². The van der Waals surface area contributed by atoms with Crippen molar-refractivity contribution in [2.45, 2.75) is 12.8 Å². The van der Waals surface area contributed by atoms with Crippen LogP contribution >= 0.6 is 0 Å². The van der Waals surface area contributed by atoms with Gasteiger partial charge in [-0.05, 0) is 36.5 Å². The van der Waals surface area contributed by atoms with Crippen molar-refractivity contribution in [1.82, 2.24) is 5.01 Å². The Labute approximate surface area is 73.4 Å². The molecule has 1 saturated heterocycles. The van der Waals surface area contributed by atoms with Crippen molar-refractivity contribution in [3.63, 3.8) is 0 Å². The fraction of sp³-hybridized carbons (Fsp3) is 0.800. The highest BCUT2D eigenvalue weighted by Crippen LogP contribution is 2.47. The van der Waals surface area contributed by atoms with E-state index in [2.05, 4.69) is 12.2 Å². The maximum atomic E-state index is 5.85. The first-order chi connectivity index (χ1) is 5.84. The van der Waals surface area contributed by atoms with Crippen LogP contribution in [0.3, 0.4) is 0 Å². The van der Waals surface area contributed by atoms with Gasteiger partial charge < -0.3 is 0 Å². The Kier molecular flexibility index (Phi) is 1.38. The Morgan fingerprint density at radius 2 is 1.50 bits per heavy atom. The Bertz CT molecular complexity index is 202. The molecular weight excluding hydrogens is 148 g/mol. The maximum Gasteiger partial charge on any atom is 0.0166 e. The summed E-state index contributed by atoms with van der Waals surface area (Å²) < 4.78 is 0. The van der Waals surface area contributed by atoms with Gasteiger partial charge in [0, 0.05) is 13.1 Å². The molecule has 2 N–H and O–H groups in total. The average molecular weight is 164 g/mol. The van der Waals surface area contributed by atoms with Crippen LogP contribution in [0.4, 0.5) is 0 Å². The lowest BCUT2D eigenvalue weighted by Crippen LogP contribution is -2.35. The fourth-order valence-corrected chi connectivity index (χ4v) is 3.37. The van der Waals surface area contributed by atoms with E-state index in [-0.39, 0.29) is 0 Å². The summed E-state index contributed by atoms with van der Waals surface area (Å²) in [7, 11) is 0. The lowest BCUT2D eigenvalue weighted by Gasteiger charge is -2.40. The summed E-state index contributed by atoms with van der Waals surface area (Å²) in [6, 6.07) is 0. The minimum Gasteiger partial charge on any atom is -0.269 e. The average Bonchev–Trinajstić information content (AvgIpc) is 2.49. The Morgan fingerprint density at radius 3 is 1.92 bits per heavy atom. The Balaban J connectivity index is 1.92. The van der Waals surface area contributed by atoms with E-state index < -0.39 is 0 Å². The summed E-state index contributed by atoms with van der Waals surface area (Å²) in [4.78, 5) is 0. The van der Waals surface area contributed by atoms with E-state index >= 15 is 0 Å². The molecule has 2 nitrogen and oxygen atoms in total. The number of hydrogen-bond acceptors (Lipinski definition) is 2. The topological polar surface area (TPSA) is 29.3 Å². The molecule has 0 aromatic heterocycles. The van der Waals surface area contributed by atoms with E-state index in [1.807, 2.05) is 5.01 Å². The second-order valence-corrected chi connectivity index (χ2v) is 4.57. The number of rotatable bonds is 0. The first-order valence-electron chi connectivity index (χ1n) is 5.02. The van der Waals surface area contributed by atoms with Crippen LogP contribution in [0.5, 0.6) is 0 Å². The quantitative estimate of drug-likeness (QED) is 0.427. The van der Waals surface area contributed by atoms with Gasteiger partial charge in [0.25, 0.3) is 0 Å². The molecule has 66 valence electrons. The highest BCUT2D eigenvalue weighted by Gasteiger charge is 2.44. The van der Waals surface area contributed by atoms with Crippen molar-refractivity contribution >= 4 is 0 Å². The molecule has 0 amide bonds. The zero-order valence-corrected chi connectivity index (χ0v) is 7.32. The molecule has 4 atom stereocenters. The van der Waals surface area contributed by atoms with Gasteiger partial charge in [-0.2, -0.15) is 0 Å². The van der Waals surface area contributed by atoms with Gasteiger partial charge in [0.2, 0.25) is 0 Å². The number of hydrogen-bond donors (Lipinski definition) is 1. The van der Waals surface area contributed by atoms with Crippen LogP contribution < -0.4 is 5.84 Å². The van der Waals surface area contributed by atoms with Crippen LogP contribution in [0, 0.1) is 23.7 Å². The summed E-state index contributed by atoms with van der Waals surface area (Å²) in [5, 5.41) is 2.02. The van der Waals surface area contributed by atoms with Crippen molar-refractivity contribution in [2.24, 2.45) is 29.5 Å². The molecule has 4 rings (SSSR count). The molecule has 3 aliphatic carbocycles. The van der Waals surface area contributed by atoms with E-state index in [9.17, 15) is 0 Å². The first-order valence-corrected chi connectivity index (χ1v) is 5.02. The first kappa shape index (κ1) is 7.10. The summed E-state index contributed by atoms with van der Waals surface area (Å²) in [5.41, 5.74) is 0. The second-order valence-electron chi connectivity index (χ2n) is 4.57. The van der Waals surface area contributed by atoms with Crippen LogP contribution in [0.1, 0.15) is 12.8 Å². The second kappa shape index (κ2) is 2.33. The molecule has 2 heteroatoms. The SMILES string of the molecule is NN1CC2C3C=CC(CC3)C2C1. The minimum absolute atomic E-state index is 0.855. The molecule has 4 unspecified atom stereocenters. The molecule has 2 fully saturated rings. The molecule has 12 heavy (non-hydrogen) atoms. The predicted molar refractivity (Wildman–Crippen MR) is 48.1 cm³/mol. The molecule has 1 aliphatic heterocycles. The van der Waals surface area contributed by atoms with Gasteiger partial charge in [-0.3, -0.25) is 5.84 Å². The lowest BCUT2D eigenvalue weighted by atomic mass is 9.64. The largest absolute Gasteiger partial charge is 0.269 e. The standard InChI is InChI=1S/C10H16N2/c11-12-5-9-7-1-2-8(4-3-7)10(9)6-12/h1-2,7-10H,3-6,11H2. The zero-order chi connectivity index (χ0) is 8.13. The lowest BCUT2D eigenvalue weighted by molar-refractivity contribution is 0.169. The van der Waals surface area contributed by atoms with Crippen LogP contribution in [-0.4, -0.2) is 18.1 Å². The highest BCUT2D eigenvalue weighted by molar-refractivity contribution is 5.12. The molecule has 0 radical (unpaired) electrons. The van der Waals surface area contributed by atoms with Crippen LogP contribution in [0.25, 0.3) is 0 Å². The number of fused-ring (bicyclic) bond motifs is 1. The molecule has 4 aliphatic rings. The molecular formula is C10H16N2. The summed E-state index contributed by atoms with van der Waals surface area (Å²) in [6.07, 6.45) is 7.70. The van der Waals surface area contributed by atoms with Gasteiger partial charge in [-0.25, -0.2) is 5.01 Å².